The second-order valence-electron chi connectivity index (χ2n) is 7.35. The van der Waals surface area contributed by atoms with Crippen molar-refractivity contribution in [2.24, 2.45) is 0 Å². The molecule has 1 N–H and O–H groups in total. The number of nitrogens with zero attached hydrogens (tertiary/aromatic N) is 3. The average molecular weight is 393 g/mol. The van der Waals surface area contributed by atoms with Crippen LogP contribution in [0.15, 0.2) is 36.4 Å². The van der Waals surface area contributed by atoms with E-state index in [1.165, 1.54) is 12.7 Å². The summed E-state index contributed by atoms with van der Waals surface area (Å²) in [5.41, 5.74) is 3.54. The first-order chi connectivity index (χ1) is 14.1. The molecule has 0 bridgehead atoms. The Morgan fingerprint density at radius 1 is 1.31 bits per heavy atom. The highest BCUT2D eigenvalue weighted by atomic mass is 16.5. The van der Waals surface area contributed by atoms with Gasteiger partial charge in [0.25, 0.3) is 0 Å². The van der Waals surface area contributed by atoms with Gasteiger partial charge in [0.2, 0.25) is 0 Å². The van der Waals surface area contributed by atoms with E-state index in [2.05, 4.69) is 16.0 Å². The molecule has 0 fully saturated rings. The average Bonchev–Trinajstić information content (AvgIpc) is 2.76. The minimum atomic E-state index is -0.199. The molecule has 1 aliphatic carbocycles. The molecular formula is C23H27N3O3. The highest BCUT2D eigenvalue weighted by molar-refractivity contribution is 5.69. The number of ether oxygens (including phenoxy) is 1. The lowest BCUT2D eigenvalue weighted by Crippen LogP contribution is -2.34. The first kappa shape index (κ1) is 20.8. The van der Waals surface area contributed by atoms with Gasteiger partial charge in [-0.3, -0.25) is 9.69 Å². The van der Waals surface area contributed by atoms with Crippen molar-refractivity contribution >= 4 is 5.97 Å². The lowest BCUT2D eigenvalue weighted by Gasteiger charge is -2.35. The molecule has 0 spiro atoms. The Morgan fingerprint density at radius 2 is 2.14 bits per heavy atom. The number of aromatic hydroxyl groups is 1. The summed E-state index contributed by atoms with van der Waals surface area (Å²) in [7, 11) is 1.41. The fourth-order valence-corrected chi connectivity index (χ4v) is 4.01. The molecule has 3 rings (SSSR count). The van der Waals surface area contributed by atoms with Gasteiger partial charge in [-0.1, -0.05) is 24.3 Å². The molecule has 29 heavy (non-hydrogen) atoms. The van der Waals surface area contributed by atoms with Crippen molar-refractivity contribution in [2.45, 2.75) is 44.6 Å². The molecule has 6 heteroatoms. The molecule has 0 saturated heterocycles. The van der Waals surface area contributed by atoms with Crippen LogP contribution in [-0.2, 0) is 22.4 Å². The fourth-order valence-electron chi connectivity index (χ4n) is 4.01. The third-order valence-electron chi connectivity index (χ3n) is 5.53. The number of esters is 1. The molecular weight excluding hydrogens is 366 g/mol. The topological polar surface area (TPSA) is 86.4 Å². The van der Waals surface area contributed by atoms with E-state index < -0.39 is 0 Å². The van der Waals surface area contributed by atoms with Crippen LogP contribution in [0.1, 0.15) is 54.2 Å². The van der Waals surface area contributed by atoms with Crippen LogP contribution in [0, 0.1) is 11.3 Å². The predicted octanol–water partition coefficient (Wildman–Crippen LogP) is 3.53. The van der Waals surface area contributed by atoms with Crippen LogP contribution in [0.5, 0.6) is 5.75 Å². The van der Waals surface area contributed by atoms with Crippen LogP contribution in [0.2, 0.25) is 0 Å². The molecule has 1 aromatic carbocycles. The van der Waals surface area contributed by atoms with E-state index in [-0.39, 0.29) is 12.0 Å². The van der Waals surface area contributed by atoms with Gasteiger partial charge in [0, 0.05) is 24.7 Å². The number of nitriles is 1. The van der Waals surface area contributed by atoms with Crippen LogP contribution in [-0.4, -0.2) is 41.2 Å². The predicted molar refractivity (Wildman–Crippen MR) is 109 cm³/mol. The second-order valence-corrected chi connectivity index (χ2v) is 7.35. The zero-order valence-electron chi connectivity index (χ0n) is 16.8. The number of pyridine rings is 1. The quantitative estimate of drug-likeness (QED) is 0.691. The zero-order valence-corrected chi connectivity index (χ0v) is 16.8. The number of carbonyl (C=O) groups excluding carboxylic acids is 1. The van der Waals surface area contributed by atoms with Gasteiger partial charge < -0.3 is 9.84 Å². The second kappa shape index (κ2) is 10.0. The van der Waals surface area contributed by atoms with Crippen molar-refractivity contribution in [3.63, 3.8) is 0 Å². The monoisotopic (exact) mass is 393 g/mol. The molecule has 0 aliphatic heterocycles. The summed E-state index contributed by atoms with van der Waals surface area (Å²) < 4.78 is 4.77. The number of phenols is 1. The van der Waals surface area contributed by atoms with Gasteiger partial charge in [-0.15, -0.1) is 0 Å². The number of carbonyl (C=O) groups is 1. The molecule has 0 radical (unpaired) electrons. The smallest absolute Gasteiger partial charge is 0.305 e. The number of methoxy groups -OCH3 is 1. The maximum atomic E-state index is 11.5. The fraction of sp³-hybridized carbons (Fsp3) is 0.435. The van der Waals surface area contributed by atoms with Crippen molar-refractivity contribution in [1.82, 2.24) is 9.88 Å². The van der Waals surface area contributed by atoms with Gasteiger partial charge in [0.05, 0.1) is 7.11 Å². The molecule has 1 aromatic heterocycles. The zero-order chi connectivity index (χ0) is 20.6. The number of hydrogen-bond donors (Lipinski definition) is 1. The molecule has 1 atom stereocenters. The van der Waals surface area contributed by atoms with Crippen LogP contribution >= 0.6 is 0 Å². The van der Waals surface area contributed by atoms with Gasteiger partial charge in [0.15, 0.2) is 0 Å². The Balaban J connectivity index is 1.78. The maximum absolute atomic E-state index is 11.5. The lowest BCUT2D eigenvalue weighted by molar-refractivity contribution is -0.140. The van der Waals surface area contributed by atoms with Gasteiger partial charge >= 0.3 is 5.97 Å². The Morgan fingerprint density at radius 3 is 2.90 bits per heavy atom. The Kier molecular flexibility index (Phi) is 7.20. The first-order valence-electron chi connectivity index (χ1n) is 10.1. The summed E-state index contributed by atoms with van der Waals surface area (Å²) >= 11 is 0. The summed E-state index contributed by atoms with van der Waals surface area (Å²) in [5.74, 6) is 0.112. The molecule has 0 amide bonds. The summed E-state index contributed by atoms with van der Waals surface area (Å²) in [6, 6.07) is 13.5. The number of para-hydroxylation sites is 1. The summed E-state index contributed by atoms with van der Waals surface area (Å²) in [6.07, 6.45) is 4.73. The van der Waals surface area contributed by atoms with Gasteiger partial charge in [-0.25, -0.2) is 4.98 Å². The van der Waals surface area contributed by atoms with Gasteiger partial charge in [-0.05, 0) is 61.9 Å². The standard InChI is InChI=1S/C23H27N3O3/c1-29-23(28)10-5-14-26(15-13-17-6-2-3-9-22(17)27)21-8-4-7-20-19(21)12-11-18(16-24)25-20/h2-3,6,9,11-12,21,27H,4-5,7-8,10,13-15H2,1H3. The Labute approximate surface area is 171 Å². The summed E-state index contributed by atoms with van der Waals surface area (Å²) in [4.78, 5) is 18.4. The largest absolute Gasteiger partial charge is 0.508 e. The minimum absolute atomic E-state index is 0.197. The minimum Gasteiger partial charge on any atom is -0.508 e. The van der Waals surface area contributed by atoms with E-state index in [1.807, 2.05) is 24.3 Å². The van der Waals surface area contributed by atoms with Crippen LogP contribution in [0.4, 0.5) is 0 Å². The van der Waals surface area contributed by atoms with Crippen LogP contribution in [0.3, 0.4) is 0 Å². The van der Waals surface area contributed by atoms with E-state index in [4.69, 9.17) is 10.00 Å². The van der Waals surface area contributed by atoms with E-state index >= 15 is 0 Å². The van der Waals surface area contributed by atoms with Crippen LogP contribution in [0.25, 0.3) is 0 Å². The number of fused-ring (bicyclic) bond motifs is 1. The van der Waals surface area contributed by atoms with Crippen molar-refractivity contribution in [3.05, 3.63) is 58.9 Å². The molecule has 152 valence electrons. The summed E-state index contributed by atoms with van der Waals surface area (Å²) in [6.45, 7) is 1.52. The third kappa shape index (κ3) is 5.33. The molecule has 1 heterocycles. The van der Waals surface area contributed by atoms with E-state index in [0.29, 0.717) is 24.3 Å². The normalized spacial score (nSPS) is 15.6. The number of rotatable bonds is 8. The van der Waals surface area contributed by atoms with Crippen molar-refractivity contribution < 1.29 is 14.6 Å². The van der Waals surface area contributed by atoms with E-state index in [1.54, 1.807) is 12.1 Å². The first-order valence-corrected chi connectivity index (χ1v) is 10.1. The Hall–Kier alpha value is -2.91. The van der Waals surface area contributed by atoms with Gasteiger partial charge in [0.1, 0.15) is 17.5 Å². The van der Waals surface area contributed by atoms with E-state index in [9.17, 15) is 9.90 Å². The SMILES string of the molecule is COC(=O)CCCN(CCc1ccccc1O)C1CCCc2nc(C#N)ccc21. The van der Waals surface area contributed by atoms with Crippen molar-refractivity contribution in [3.8, 4) is 11.8 Å². The number of hydrogen-bond acceptors (Lipinski definition) is 6. The third-order valence-corrected chi connectivity index (χ3v) is 5.53. The van der Waals surface area contributed by atoms with Crippen LogP contribution < -0.4 is 0 Å². The highest BCUT2D eigenvalue weighted by Crippen LogP contribution is 2.34. The number of aryl methyl sites for hydroxylation is 1. The Bertz CT molecular complexity index is 891. The molecule has 2 aromatic rings. The number of aromatic nitrogens is 1. The lowest BCUT2D eigenvalue weighted by atomic mass is 9.89. The summed E-state index contributed by atoms with van der Waals surface area (Å²) in [5, 5.41) is 19.3. The van der Waals surface area contributed by atoms with E-state index in [0.717, 1.165) is 50.0 Å². The highest BCUT2D eigenvalue weighted by Gasteiger charge is 2.27. The molecule has 1 unspecified atom stereocenters. The molecule has 6 nitrogen and oxygen atoms in total. The number of phenolic OH excluding ortho intramolecular Hbond substituents is 1. The maximum Gasteiger partial charge on any atom is 0.305 e. The molecule has 1 aliphatic rings. The van der Waals surface area contributed by atoms with Crippen molar-refractivity contribution in [2.75, 3.05) is 20.2 Å². The molecule has 0 saturated carbocycles. The van der Waals surface area contributed by atoms with Gasteiger partial charge in [-0.2, -0.15) is 5.26 Å². The number of benzene rings is 1. The van der Waals surface area contributed by atoms with Crippen molar-refractivity contribution in [1.29, 1.82) is 5.26 Å².